The number of ether oxygens (including phenoxy) is 2. The van der Waals surface area contributed by atoms with Crippen LogP contribution in [-0.4, -0.2) is 46.6 Å². The average Bonchev–Trinajstić information content (AvgIpc) is 3.19. The van der Waals surface area contributed by atoms with Crippen LogP contribution in [0.4, 0.5) is 8.78 Å². The minimum Gasteiger partial charge on any atom is -0.490 e. The number of nitrogens with zero attached hydrogens (tertiary/aromatic N) is 2. The van der Waals surface area contributed by atoms with Crippen LogP contribution in [0.2, 0.25) is 0 Å². The summed E-state index contributed by atoms with van der Waals surface area (Å²) in [5, 5.41) is 0. The Bertz CT molecular complexity index is 1030. The zero-order valence-corrected chi connectivity index (χ0v) is 16.6. The zero-order valence-electron chi connectivity index (χ0n) is 16.6. The first-order valence-electron chi connectivity index (χ1n) is 10.0. The highest BCUT2D eigenvalue weighted by atomic mass is 19.3. The van der Waals surface area contributed by atoms with E-state index in [0.717, 1.165) is 5.75 Å². The minimum atomic E-state index is -2.68. The van der Waals surface area contributed by atoms with Crippen molar-refractivity contribution in [2.75, 3.05) is 19.7 Å². The second-order valence-electron chi connectivity index (χ2n) is 7.14. The van der Waals surface area contributed by atoms with E-state index >= 15 is 0 Å². The number of alkyl halides is 2. The van der Waals surface area contributed by atoms with Crippen molar-refractivity contribution in [1.29, 1.82) is 0 Å². The number of halogens is 2. The number of carbonyl (C=O) groups excluding carboxylic acids is 1. The molecule has 0 atom stereocenters. The van der Waals surface area contributed by atoms with Gasteiger partial charge in [-0.25, -0.2) is 13.8 Å². The van der Waals surface area contributed by atoms with Gasteiger partial charge in [-0.15, -0.1) is 0 Å². The summed E-state index contributed by atoms with van der Waals surface area (Å²) >= 11 is 0. The van der Waals surface area contributed by atoms with Gasteiger partial charge in [0.05, 0.1) is 17.6 Å². The minimum absolute atomic E-state index is 0.000608. The molecule has 0 unspecified atom stereocenters. The molecule has 0 spiro atoms. The third-order valence-electron chi connectivity index (χ3n) is 5.13. The number of benzene rings is 2. The number of fused-ring (bicyclic) bond motifs is 1. The van der Waals surface area contributed by atoms with E-state index in [9.17, 15) is 13.6 Å². The highest BCUT2D eigenvalue weighted by Crippen LogP contribution is 2.30. The van der Waals surface area contributed by atoms with E-state index in [-0.39, 0.29) is 17.8 Å². The summed E-state index contributed by atoms with van der Waals surface area (Å²) in [6.45, 7) is 3.61. The van der Waals surface area contributed by atoms with Crippen LogP contribution in [0.1, 0.15) is 42.4 Å². The van der Waals surface area contributed by atoms with Crippen molar-refractivity contribution in [2.24, 2.45) is 0 Å². The predicted molar refractivity (Wildman–Crippen MR) is 108 cm³/mol. The molecule has 0 radical (unpaired) electrons. The quantitative estimate of drug-likeness (QED) is 0.640. The van der Waals surface area contributed by atoms with Gasteiger partial charge < -0.3 is 19.4 Å². The van der Waals surface area contributed by atoms with Crippen LogP contribution < -0.4 is 9.47 Å². The van der Waals surface area contributed by atoms with Crippen molar-refractivity contribution in [3.8, 4) is 11.5 Å². The summed E-state index contributed by atoms with van der Waals surface area (Å²) in [5.74, 6) is 0.913. The van der Waals surface area contributed by atoms with Crippen molar-refractivity contribution >= 4 is 16.9 Å². The highest BCUT2D eigenvalue weighted by molar-refractivity contribution is 5.97. The van der Waals surface area contributed by atoms with Crippen molar-refractivity contribution in [1.82, 2.24) is 14.9 Å². The standard InChI is InChI=1S/C22H23F2N3O3/c1-2-29-18-5-3-4-6-19(18)30-15-9-11-27(12-10-15)22(28)14-7-8-16-17(13-14)26-21(25-16)20(23)24/h3-8,13,15,20H,2,9-12H2,1H3,(H,25,26). The summed E-state index contributed by atoms with van der Waals surface area (Å²) in [7, 11) is 0. The number of likely N-dealkylation sites (tertiary alicyclic amines) is 1. The van der Waals surface area contributed by atoms with Crippen LogP contribution in [0.3, 0.4) is 0 Å². The molecule has 2 heterocycles. The maximum Gasteiger partial charge on any atom is 0.295 e. The van der Waals surface area contributed by atoms with Gasteiger partial charge >= 0.3 is 0 Å². The molecule has 0 bridgehead atoms. The molecule has 1 fully saturated rings. The smallest absolute Gasteiger partial charge is 0.295 e. The summed E-state index contributed by atoms with van der Waals surface area (Å²) in [4.78, 5) is 21.1. The van der Waals surface area contributed by atoms with Crippen molar-refractivity contribution in [2.45, 2.75) is 32.3 Å². The topological polar surface area (TPSA) is 67.5 Å². The number of aromatic nitrogens is 2. The third kappa shape index (κ3) is 4.22. The van der Waals surface area contributed by atoms with E-state index in [1.807, 2.05) is 31.2 Å². The molecule has 30 heavy (non-hydrogen) atoms. The van der Waals surface area contributed by atoms with E-state index in [2.05, 4.69) is 9.97 Å². The first-order chi connectivity index (χ1) is 14.5. The highest BCUT2D eigenvalue weighted by Gasteiger charge is 2.26. The van der Waals surface area contributed by atoms with Crippen LogP contribution in [0.15, 0.2) is 42.5 Å². The Labute approximate surface area is 172 Å². The largest absolute Gasteiger partial charge is 0.490 e. The number of nitrogens with one attached hydrogen (secondary N) is 1. The molecule has 1 amide bonds. The Kier molecular flexibility index (Phi) is 5.83. The number of rotatable bonds is 6. The predicted octanol–water partition coefficient (Wildman–Crippen LogP) is 4.58. The molecule has 3 aromatic rings. The molecular formula is C22H23F2N3O3. The number of piperidine rings is 1. The fourth-order valence-corrected chi connectivity index (χ4v) is 3.63. The van der Waals surface area contributed by atoms with Crippen molar-refractivity contribution in [3.05, 3.63) is 53.9 Å². The van der Waals surface area contributed by atoms with Gasteiger partial charge in [-0.2, -0.15) is 0 Å². The van der Waals surface area contributed by atoms with Crippen molar-refractivity contribution < 1.29 is 23.0 Å². The second-order valence-corrected chi connectivity index (χ2v) is 7.14. The van der Waals surface area contributed by atoms with Crippen LogP contribution >= 0.6 is 0 Å². The first-order valence-corrected chi connectivity index (χ1v) is 10.0. The molecule has 8 heteroatoms. The van der Waals surface area contributed by atoms with Gasteiger partial charge in [0.15, 0.2) is 17.3 Å². The Morgan fingerprint density at radius 1 is 1.20 bits per heavy atom. The van der Waals surface area contributed by atoms with Crippen molar-refractivity contribution in [3.63, 3.8) is 0 Å². The lowest BCUT2D eigenvalue weighted by Crippen LogP contribution is -2.41. The van der Waals surface area contributed by atoms with Gasteiger partial charge in [0, 0.05) is 31.5 Å². The van der Waals surface area contributed by atoms with E-state index in [4.69, 9.17) is 9.47 Å². The number of hydrogen-bond acceptors (Lipinski definition) is 4. The lowest BCUT2D eigenvalue weighted by molar-refractivity contribution is 0.0589. The fourth-order valence-electron chi connectivity index (χ4n) is 3.63. The SMILES string of the molecule is CCOc1ccccc1OC1CCN(C(=O)c2ccc3nc(C(F)F)[nH]c3c2)CC1. The molecule has 1 aromatic heterocycles. The molecule has 1 aliphatic heterocycles. The third-order valence-corrected chi connectivity index (χ3v) is 5.13. The Morgan fingerprint density at radius 2 is 1.93 bits per heavy atom. The maximum absolute atomic E-state index is 12.9. The van der Waals surface area contributed by atoms with E-state index in [1.165, 1.54) is 0 Å². The van der Waals surface area contributed by atoms with Gasteiger partial charge in [0.25, 0.3) is 12.3 Å². The van der Waals surface area contributed by atoms with Gasteiger partial charge in [0.1, 0.15) is 6.10 Å². The Balaban J connectivity index is 1.39. The second kappa shape index (κ2) is 8.69. The summed E-state index contributed by atoms with van der Waals surface area (Å²) in [6, 6.07) is 12.4. The van der Waals surface area contributed by atoms with Gasteiger partial charge in [-0.3, -0.25) is 4.79 Å². The lowest BCUT2D eigenvalue weighted by atomic mass is 10.1. The number of carbonyl (C=O) groups is 1. The normalized spacial score (nSPS) is 15.0. The first kappa shape index (κ1) is 20.1. The molecule has 158 valence electrons. The van der Waals surface area contributed by atoms with Crippen LogP contribution in [-0.2, 0) is 0 Å². The molecule has 1 saturated heterocycles. The zero-order chi connectivity index (χ0) is 21.1. The van der Waals surface area contributed by atoms with Crippen LogP contribution in [0, 0.1) is 0 Å². The lowest BCUT2D eigenvalue weighted by Gasteiger charge is -2.32. The fraction of sp³-hybridized carbons (Fsp3) is 0.364. The molecular weight excluding hydrogens is 392 g/mol. The molecule has 6 nitrogen and oxygen atoms in total. The summed E-state index contributed by atoms with van der Waals surface area (Å²) < 4.78 is 37.4. The average molecular weight is 415 g/mol. The Hall–Kier alpha value is -3.16. The maximum atomic E-state index is 12.9. The van der Waals surface area contributed by atoms with Gasteiger partial charge in [-0.05, 0) is 37.3 Å². The van der Waals surface area contributed by atoms with E-state index < -0.39 is 6.43 Å². The van der Waals surface area contributed by atoms with E-state index in [1.54, 1.807) is 23.1 Å². The number of para-hydroxylation sites is 2. The molecule has 0 saturated carbocycles. The molecule has 1 aliphatic rings. The molecule has 0 aliphatic carbocycles. The number of aromatic amines is 1. The van der Waals surface area contributed by atoms with Gasteiger partial charge in [0.2, 0.25) is 0 Å². The van der Waals surface area contributed by atoms with Crippen LogP contribution in [0.25, 0.3) is 11.0 Å². The molecule has 2 aromatic carbocycles. The number of imidazole rings is 1. The van der Waals surface area contributed by atoms with E-state index in [0.29, 0.717) is 54.9 Å². The molecule has 1 N–H and O–H groups in total. The Morgan fingerprint density at radius 3 is 2.63 bits per heavy atom. The molecule has 4 rings (SSSR count). The van der Waals surface area contributed by atoms with Gasteiger partial charge in [-0.1, -0.05) is 12.1 Å². The van der Waals surface area contributed by atoms with Crippen LogP contribution in [0.5, 0.6) is 11.5 Å². The number of H-pyrrole nitrogens is 1. The number of amides is 1. The monoisotopic (exact) mass is 415 g/mol. The summed E-state index contributed by atoms with van der Waals surface area (Å²) in [6.07, 6.45) is -1.27. The number of hydrogen-bond donors (Lipinski definition) is 1. The summed E-state index contributed by atoms with van der Waals surface area (Å²) in [5.41, 5.74) is 1.30.